The van der Waals surface area contributed by atoms with Gasteiger partial charge < -0.3 is 15.0 Å². The number of anilines is 1. The molecular weight excluding hydrogens is 502 g/mol. The van der Waals surface area contributed by atoms with Gasteiger partial charge >= 0.3 is 6.03 Å². The van der Waals surface area contributed by atoms with Gasteiger partial charge in [0.05, 0.1) is 29.2 Å². The normalized spacial score (nSPS) is 14.9. The van der Waals surface area contributed by atoms with E-state index < -0.39 is 0 Å². The maximum atomic E-state index is 13.7. The highest BCUT2D eigenvalue weighted by Gasteiger charge is 2.28. The second kappa shape index (κ2) is 11.2. The van der Waals surface area contributed by atoms with Crippen molar-refractivity contribution in [2.24, 2.45) is 0 Å². The SMILES string of the molecule is CCOc1ccc(-n2c(C(C)N3CCN(C(=O)Nc4ccc(Cl)cc4)CC3)nc3ccccc3c2=O)cc1. The first-order valence-corrected chi connectivity index (χ1v) is 13.1. The summed E-state index contributed by atoms with van der Waals surface area (Å²) in [4.78, 5) is 35.5. The summed E-state index contributed by atoms with van der Waals surface area (Å²) in [7, 11) is 0. The lowest BCUT2D eigenvalue weighted by atomic mass is 10.1. The molecule has 1 aliphatic rings. The van der Waals surface area contributed by atoms with E-state index >= 15 is 0 Å². The van der Waals surface area contributed by atoms with Gasteiger partial charge in [-0.05, 0) is 74.5 Å². The number of hydrogen-bond donors (Lipinski definition) is 1. The number of rotatable bonds is 6. The number of carbonyl (C=O) groups is 1. The van der Waals surface area contributed by atoms with Crippen LogP contribution in [0.2, 0.25) is 5.02 Å². The Balaban J connectivity index is 1.38. The summed E-state index contributed by atoms with van der Waals surface area (Å²) >= 11 is 5.94. The number of urea groups is 1. The molecule has 0 radical (unpaired) electrons. The molecule has 1 saturated heterocycles. The first-order chi connectivity index (χ1) is 18.4. The molecule has 0 bridgehead atoms. The number of para-hydroxylation sites is 1. The standard InChI is InChI=1S/C29H30ClN5O3/c1-3-38-24-14-12-23(13-15-24)35-27(32-26-7-5-4-6-25(26)28(35)36)20(2)33-16-18-34(19-17-33)29(37)31-22-10-8-21(30)9-11-22/h4-15,20H,3,16-19H2,1-2H3,(H,31,37). The molecule has 3 aromatic carbocycles. The number of fused-ring (bicyclic) bond motifs is 1. The van der Waals surface area contributed by atoms with Crippen LogP contribution in [0.25, 0.3) is 16.6 Å². The predicted octanol–water partition coefficient (Wildman–Crippen LogP) is 5.35. The molecule has 38 heavy (non-hydrogen) atoms. The van der Waals surface area contributed by atoms with Crippen molar-refractivity contribution in [3.05, 3.63) is 94.0 Å². The molecule has 1 N–H and O–H groups in total. The van der Waals surface area contributed by atoms with E-state index in [9.17, 15) is 9.59 Å². The van der Waals surface area contributed by atoms with E-state index in [0.29, 0.717) is 60.2 Å². The van der Waals surface area contributed by atoms with E-state index in [0.717, 1.165) is 11.4 Å². The van der Waals surface area contributed by atoms with Crippen molar-refractivity contribution in [2.75, 3.05) is 38.1 Å². The van der Waals surface area contributed by atoms with Crippen molar-refractivity contribution in [3.8, 4) is 11.4 Å². The van der Waals surface area contributed by atoms with Crippen LogP contribution in [0.4, 0.5) is 10.5 Å². The summed E-state index contributed by atoms with van der Waals surface area (Å²) in [5.74, 6) is 1.41. The molecule has 196 valence electrons. The van der Waals surface area contributed by atoms with Crippen LogP contribution < -0.4 is 15.6 Å². The van der Waals surface area contributed by atoms with Gasteiger partial charge in [0.2, 0.25) is 0 Å². The number of nitrogens with zero attached hydrogens (tertiary/aromatic N) is 4. The smallest absolute Gasteiger partial charge is 0.321 e. The predicted molar refractivity (Wildman–Crippen MR) is 151 cm³/mol. The maximum absolute atomic E-state index is 13.7. The number of carbonyl (C=O) groups excluding carboxylic acids is 1. The van der Waals surface area contributed by atoms with Gasteiger partial charge in [0.25, 0.3) is 5.56 Å². The quantitative estimate of drug-likeness (QED) is 0.363. The lowest BCUT2D eigenvalue weighted by molar-refractivity contribution is 0.115. The fourth-order valence-corrected chi connectivity index (χ4v) is 4.88. The minimum Gasteiger partial charge on any atom is -0.494 e. The average molecular weight is 532 g/mol. The molecule has 9 heteroatoms. The summed E-state index contributed by atoms with van der Waals surface area (Å²) in [6, 6.07) is 21.7. The van der Waals surface area contributed by atoms with E-state index in [2.05, 4.69) is 17.1 Å². The van der Waals surface area contributed by atoms with Crippen LogP contribution in [-0.2, 0) is 0 Å². The zero-order valence-electron chi connectivity index (χ0n) is 21.4. The van der Waals surface area contributed by atoms with Gasteiger partial charge in [0, 0.05) is 36.9 Å². The first kappa shape index (κ1) is 25.8. The minimum atomic E-state index is -0.152. The fraction of sp³-hybridized carbons (Fsp3) is 0.276. The van der Waals surface area contributed by atoms with Crippen molar-refractivity contribution >= 4 is 34.2 Å². The molecule has 2 amide bonds. The molecule has 1 aromatic heterocycles. The highest BCUT2D eigenvalue weighted by atomic mass is 35.5. The molecule has 0 aliphatic carbocycles. The van der Waals surface area contributed by atoms with E-state index in [1.807, 2.05) is 55.5 Å². The topological polar surface area (TPSA) is 79.7 Å². The number of amides is 2. The van der Waals surface area contributed by atoms with Gasteiger partial charge in [-0.3, -0.25) is 14.3 Å². The number of halogens is 1. The second-order valence-corrected chi connectivity index (χ2v) is 9.63. The number of piperazine rings is 1. The lowest BCUT2D eigenvalue weighted by Gasteiger charge is -2.38. The largest absolute Gasteiger partial charge is 0.494 e. The Morgan fingerprint density at radius 2 is 1.68 bits per heavy atom. The number of ether oxygens (including phenoxy) is 1. The highest BCUT2D eigenvalue weighted by Crippen LogP contribution is 2.25. The number of aromatic nitrogens is 2. The van der Waals surface area contributed by atoms with E-state index in [1.54, 1.807) is 33.7 Å². The van der Waals surface area contributed by atoms with Crippen molar-refractivity contribution < 1.29 is 9.53 Å². The average Bonchev–Trinajstić information content (AvgIpc) is 2.95. The van der Waals surface area contributed by atoms with Gasteiger partial charge in [-0.15, -0.1) is 0 Å². The zero-order chi connectivity index (χ0) is 26.6. The minimum absolute atomic E-state index is 0.109. The third kappa shape index (κ3) is 5.37. The van der Waals surface area contributed by atoms with Gasteiger partial charge in [-0.2, -0.15) is 0 Å². The third-order valence-electron chi connectivity index (χ3n) is 6.83. The summed E-state index contributed by atoms with van der Waals surface area (Å²) in [5.41, 5.74) is 2.00. The number of nitrogens with one attached hydrogen (secondary N) is 1. The van der Waals surface area contributed by atoms with Crippen molar-refractivity contribution in [2.45, 2.75) is 19.9 Å². The fourth-order valence-electron chi connectivity index (χ4n) is 4.75. The third-order valence-corrected chi connectivity index (χ3v) is 7.08. The molecule has 1 fully saturated rings. The Morgan fingerprint density at radius 3 is 2.37 bits per heavy atom. The first-order valence-electron chi connectivity index (χ1n) is 12.7. The molecule has 5 rings (SSSR count). The summed E-state index contributed by atoms with van der Waals surface area (Å²) in [6.45, 7) is 7.00. The molecule has 1 aliphatic heterocycles. The van der Waals surface area contributed by atoms with Crippen LogP contribution in [0.15, 0.2) is 77.6 Å². The van der Waals surface area contributed by atoms with Crippen LogP contribution in [-0.4, -0.2) is 58.2 Å². The van der Waals surface area contributed by atoms with E-state index in [1.165, 1.54) is 0 Å². The van der Waals surface area contributed by atoms with Crippen LogP contribution in [0, 0.1) is 0 Å². The maximum Gasteiger partial charge on any atom is 0.321 e. The zero-order valence-corrected chi connectivity index (χ0v) is 22.2. The van der Waals surface area contributed by atoms with Crippen molar-refractivity contribution in [1.82, 2.24) is 19.4 Å². The number of hydrogen-bond acceptors (Lipinski definition) is 5. The summed E-state index contributed by atoms with van der Waals surface area (Å²) < 4.78 is 7.28. The second-order valence-electron chi connectivity index (χ2n) is 9.19. The molecule has 0 spiro atoms. The molecule has 1 atom stereocenters. The van der Waals surface area contributed by atoms with Crippen molar-refractivity contribution in [3.63, 3.8) is 0 Å². The van der Waals surface area contributed by atoms with Gasteiger partial charge in [-0.25, -0.2) is 9.78 Å². The summed E-state index contributed by atoms with van der Waals surface area (Å²) in [6.07, 6.45) is 0. The number of benzene rings is 3. The molecule has 2 heterocycles. The molecule has 0 saturated carbocycles. The van der Waals surface area contributed by atoms with Crippen LogP contribution in [0.1, 0.15) is 25.7 Å². The van der Waals surface area contributed by atoms with Crippen LogP contribution in [0.5, 0.6) is 5.75 Å². The molecule has 8 nitrogen and oxygen atoms in total. The Bertz CT molecular complexity index is 1480. The van der Waals surface area contributed by atoms with Gasteiger partial charge in [-0.1, -0.05) is 23.7 Å². The Labute approximate surface area is 226 Å². The Morgan fingerprint density at radius 1 is 1.00 bits per heavy atom. The van der Waals surface area contributed by atoms with Gasteiger partial charge in [0.1, 0.15) is 11.6 Å². The molecule has 4 aromatic rings. The highest BCUT2D eigenvalue weighted by molar-refractivity contribution is 6.30. The molecule has 1 unspecified atom stereocenters. The lowest BCUT2D eigenvalue weighted by Crippen LogP contribution is -2.51. The van der Waals surface area contributed by atoms with Crippen molar-refractivity contribution in [1.29, 1.82) is 0 Å². The monoisotopic (exact) mass is 531 g/mol. The van der Waals surface area contributed by atoms with Gasteiger partial charge in [0.15, 0.2) is 0 Å². The van der Waals surface area contributed by atoms with Crippen LogP contribution in [0.3, 0.4) is 0 Å². The Hall–Kier alpha value is -3.88. The van der Waals surface area contributed by atoms with E-state index in [4.69, 9.17) is 21.3 Å². The molecular formula is C29H30ClN5O3. The summed E-state index contributed by atoms with van der Waals surface area (Å²) in [5, 5.41) is 4.12. The Kier molecular flexibility index (Phi) is 7.62. The van der Waals surface area contributed by atoms with Crippen LogP contribution >= 0.6 is 11.6 Å². The van der Waals surface area contributed by atoms with E-state index in [-0.39, 0.29) is 17.6 Å².